The summed E-state index contributed by atoms with van der Waals surface area (Å²) in [4.78, 5) is 0. The highest BCUT2D eigenvalue weighted by Gasteiger charge is 2.24. The van der Waals surface area contributed by atoms with Crippen LogP contribution in [0, 0.1) is 6.92 Å². The van der Waals surface area contributed by atoms with E-state index in [1.807, 2.05) is 6.92 Å². The molecule has 0 bridgehead atoms. The third kappa shape index (κ3) is 3.71. The largest absolute Gasteiger partial charge is 0.424 e. The number of rotatable bonds is 5. The molecule has 1 heterocycles. The molecule has 1 aliphatic carbocycles. The molecule has 1 saturated carbocycles. The summed E-state index contributed by atoms with van der Waals surface area (Å²) in [7, 11) is 0. The zero-order valence-electron chi connectivity index (χ0n) is 10.6. The minimum atomic E-state index is 0.598. The number of nitrogens with one attached hydrogen (secondary N) is 1. The van der Waals surface area contributed by atoms with Gasteiger partial charge in [-0.3, -0.25) is 0 Å². The Balaban J connectivity index is 1.83. The minimum absolute atomic E-state index is 0.598. The molecule has 0 radical (unpaired) electrons. The molecule has 0 unspecified atom stereocenters. The molecule has 1 fully saturated rings. The van der Waals surface area contributed by atoms with E-state index in [0.717, 1.165) is 5.25 Å². The van der Waals surface area contributed by atoms with Crippen LogP contribution in [0.5, 0.6) is 0 Å². The molecule has 96 valence electrons. The van der Waals surface area contributed by atoms with Crippen LogP contribution in [0.3, 0.4) is 0 Å². The third-order valence-corrected chi connectivity index (χ3v) is 4.49. The first-order chi connectivity index (χ1) is 8.29. The van der Waals surface area contributed by atoms with E-state index in [1.165, 1.54) is 31.4 Å². The van der Waals surface area contributed by atoms with Crippen LogP contribution in [0.25, 0.3) is 0 Å². The van der Waals surface area contributed by atoms with Crippen molar-refractivity contribution in [2.24, 2.45) is 0 Å². The van der Waals surface area contributed by atoms with Gasteiger partial charge in [-0.2, -0.15) is 11.8 Å². The Morgan fingerprint density at radius 2 is 2.18 bits per heavy atom. The smallest absolute Gasteiger partial charge is 0.230 e. The summed E-state index contributed by atoms with van der Waals surface area (Å²) in [5, 5.41) is 12.2. The second-order valence-electron chi connectivity index (χ2n) is 4.48. The van der Waals surface area contributed by atoms with Crippen LogP contribution in [0.1, 0.15) is 44.4 Å². The average molecular weight is 255 g/mol. The fourth-order valence-electron chi connectivity index (χ4n) is 2.37. The lowest BCUT2D eigenvalue weighted by Crippen LogP contribution is -2.40. The third-order valence-electron chi connectivity index (χ3n) is 3.17. The summed E-state index contributed by atoms with van der Waals surface area (Å²) in [6.45, 7) is 4.76. The first-order valence-corrected chi connectivity index (χ1v) is 7.48. The van der Waals surface area contributed by atoms with E-state index in [9.17, 15) is 0 Å². The number of hydrogen-bond acceptors (Lipinski definition) is 5. The Morgan fingerprint density at radius 3 is 2.88 bits per heavy atom. The number of nitrogens with zero attached hydrogens (tertiary/aromatic N) is 2. The molecule has 0 aromatic carbocycles. The van der Waals surface area contributed by atoms with Gasteiger partial charge in [-0.05, 0) is 18.6 Å². The quantitative estimate of drug-likeness (QED) is 0.876. The van der Waals surface area contributed by atoms with Crippen molar-refractivity contribution in [3.63, 3.8) is 0 Å². The summed E-state index contributed by atoms with van der Waals surface area (Å²) >= 11 is 2.07. The highest BCUT2D eigenvalue weighted by atomic mass is 32.2. The van der Waals surface area contributed by atoms with E-state index < -0.39 is 0 Å². The van der Waals surface area contributed by atoms with Gasteiger partial charge in [0, 0.05) is 18.2 Å². The van der Waals surface area contributed by atoms with E-state index in [2.05, 4.69) is 34.2 Å². The van der Waals surface area contributed by atoms with Crippen LogP contribution in [-0.4, -0.2) is 27.2 Å². The monoisotopic (exact) mass is 255 g/mol. The zero-order chi connectivity index (χ0) is 12.1. The zero-order valence-corrected chi connectivity index (χ0v) is 11.4. The van der Waals surface area contributed by atoms with Crippen molar-refractivity contribution in [2.45, 2.75) is 57.4 Å². The Labute approximate surface area is 107 Å². The highest BCUT2D eigenvalue weighted by Crippen LogP contribution is 2.28. The average Bonchev–Trinajstić information content (AvgIpc) is 2.74. The van der Waals surface area contributed by atoms with Crippen molar-refractivity contribution in [3.8, 4) is 0 Å². The van der Waals surface area contributed by atoms with Gasteiger partial charge < -0.3 is 9.73 Å². The second-order valence-corrected chi connectivity index (χ2v) is 6.00. The number of hydrogen-bond donors (Lipinski definition) is 1. The lowest BCUT2D eigenvalue weighted by atomic mass is 9.95. The molecule has 17 heavy (non-hydrogen) atoms. The molecular formula is C12H21N3OS. The van der Waals surface area contributed by atoms with Crippen molar-refractivity contribution < 1.29 is 4.42 Å². The molecule has 1 aromatic heterocycles. The van der Waals surface area contributed by atoms with Gasteiger partial charge in [-0.15, -0.1) is 10.2 Å². The first kappa shape index (κ1) is 12.9. The van der Waals surface area contributed by atoms with Gasteiger partial charge in [0.05, 0.1) is 6.54 Å². The van der Waals surface area contributed by atoms with Gasteiger partial charge in [0.2, 0.25) is 11.8 Å². The normalized spacial score (nSPS) is 25.1. The highest BCUT2D eigenvalue weighted by molar-refractivity contribution is 7.99. The molecule has 2 rings (SSSR count). The second kappa shape index (κ2) is 6.40. The maximum atomic E-state index is 5.38. The van der Waals surface area contributed by atoms with Crippen LogP contribution in [0.2, 0.25) is 0 Å². The van der Waals surface area contributed by atoms with Crippen LogP contribution in [0.15, 0.2) is 4.42 Å². The predicted octanol–water partition coefficient (Wildman–Crippen LogP) is 2.53. The molecule has 4 nitrogen and oxygen atoms in total. The van der Waals surface area contributed by atoms with Gasteiger partial charge in [0.1, 0.15) is 0 Å². The van der Waals surface area contributed by atoms with Gasteiger partial charge in [0.15, 0.2) is 0 Å². The molecule has 0 spiro atoms. The van der Waals surface area contributed by atoms with Gasteiger partial charge >= 0.3 is 0 Å². The molecule has 1 N–H and O–H groups in total. The van der Waals surface area contributed by atoms with Crippen molar-refractivity contribution in [1.29, 1.82) is 0 Å². The van der Waals surface area contributed by atoms with Crippen LogP contribution in [0.4, 0.5) is 0 Å². The maximum absolute atomic E-state index is 5.38. The number of thioether (sulfide) groups is 1. The Bertz CT molecular complexity index is 340. The Morgan fingerprint density at radius 1 is 1.35 bits per heavy atom. The van der Waals surface area contributed by atoms with Gasteiger partial charge in [-0.25, -0.2) is 0 Å². The molecule has 1 aliphatic rings. The molecule has 1 aromatic rings. The van der Waals surface area contributed by atoms with E-state index in [-0.39, 0.29) is 0 Å². The molecule has 2 atom stereocenters. The summed E-state index contributed by atoms with van der Waals surface area (Å²) in [5.41, 5.74) is 0. The molecule has 0 aliphatic heterocycles. The first-order valence-electron chi connectivity index (χ1n) is 6.43. The summed E-state index contributed by atoms with van der Waals surface area (Å²) in [6.07, 6.45) is 5.31. The van der Waals surface area contributed by atoms with Crippen molar-refractivity contribution in [3.05, 3.63) is 11.8 Å². The van der Waals surface area contributed by atoms with Crippen LogP contribution >= 0.6 is 11.8 Å². The van der Waals surface area contributed by atoms with Crippen LogP contribution < -0.4 is 5.32 Å². The van der Waals surface area contributed by atoms with E-state index in [4.69, 9.17) is 4.42 Å². The van der Waals surface area contributed by atoms with Crippen molar-refractivity contribution in [2.75, 3.05) is 5.75 Å². The molecule has 5 heteroatoms. The van der Waals surface area contributed by atoms with Crippen LogP contribution in [-0.2, 0) is 6.54 Å². The Kier molecular flexibility index (Phi) is 4.86. The molecule has 0 amide bonds. The number of aromatic nitrogens is 2. The molecular weight excluding hydrogens is 234 g/mol. The topological polar surface area (TPSA) is 51.0 Å². The minimum Gasteiger partial charge on any atom is -0.424 e. The molecule has 0 saturated heterocycles. The maximum Gasteiger partial charge on any atom is 0.230 e. The fourth-order valence-corrected chi connectivity index (χ4v) is 3.60. The Hall–Kier alpha value is -0.550. The lowest BCUT2D eigenvalue weighted by Gasteiger charge is -2.31. The van der Waals surface area contributed by atoms with Crippen molar-refractivity contribution in [1.82, 2.24) is 15.5 Å². The van der Waals surface area contributed by atoms with E-state index in [1.54, 1.807) is 0 Å². The van der Waals surface area contributed by atoms with Gasteiger partial charge in [-0.1, -0.05) is 19.8 Å². The standard InChI is InChI=1S/C12H21N3OS/c1-3-17-11-7-5-4-6-10(11)13-8-12-15-14-9(2)16-12/h10-11,13H,3-8H2,1-2H3/t10-,11-/m0/s1. The van der Waals surface area contributed by atoms with E-state index in [0.29, 0.717) is 24.4 Å². The summed E-state index contributed by atoms with van der Waals surface area (Å²) in [6, 6.07) is 0.598. The SMILES string of the molecule is CCS[C@H]1CCCC[C@@H]1NCc1nnc(C)o1. The van der Waals surface area contributed by atoms with Crippen molar-refractivity contribution >= 4 is 11.8 Å². The number of aryl methyl sites for hydroxylation is 1. The summed E-state index contributed by atoms with van der Waals surface area (Å²) < 4.78 is 5.38. The fraction of sp³-hybridized carbons (Fsp3) is 0.833. The van der Waals surface area contributed by atoms with Gasteiger partial charge in [0.25, 0.3) is 0 Å². The predicted molar refractivity (Wildman–Crippen MR) is 70.1 cm³/mol. The lowest BCUT2D eigenvalue weighted by molar-refractivity contribution is 0.358. The van der Waals surface area contributed by atoms with E-state index >= 15 is 0 Å². The summed E-state index contributed by atoms with van der Waals surface area (Å²) in [5.74, 6) is 2.54.